The smallest absolute Gasteiger partial charge is 0.356 e. The molecule has 0 unspecified atom stereocenters. The molecule has 0 atom stereocenters. The highest BCUT2D eigenvalue weighted by Crippen LogP contribution is 2.07. The zero-order chi connectivity index (χ0) is 13.0. The van der Waals surface area contributed by atoms with Crippen molar-refractivity contribution >= 4 is 11.9 Å². The number of carbonyl (C=O) groups excluding carboxylic acids is 2. The molecule has 1 amide bonds. The SMILES string of the molecule is COC(=O)c1ccc(C(=O)N2CCOCC2)cn1. The van der Waals surface area contributed by atoms with E-state index in [9.17, 15) is 9.59 Å². The molecule has 0 radical (unpaired) electrons. The maximum atomic E-state index is 12.1. The highest BCUT2D eigenvalue weighted by Gasteiger charge is 2.19. The maximum Gasteiger partial charge on any atom is 0.356 e. The summed E-state index contributed by atoms with van der Waals surface area (Å²) in [5.41, 5.74) is 0.653. The lowest BCUT2D eigenvalue weighted by Gasteiger charge is -2.26. The normalized spacial score (nSPS) is 15.3. The van der Waals surface area contributed by atoms with Crippen LogP contribution in [0.4, 0.5) is 0 Å². The average molecular weight is 250 g/mol. The Balaban J connectivity index is 2.08. The molecule has 0 aliphatic carbocycles. The molecular formula is C12H14N2O4. The zero-order valence-electron chi connectivity index (χ0n) is 10.1. The molecular weight excluding hydrogens is 236 g/mol. The lowest BCUT2D eigenvalue weighted by Crippen LogP contribution is -2.40. The summed E-state index contributed by atoms with van der Waals surface area (Å²) in [7, 11) is 1.29. The second-order valence-electron chi connectivity index (χ2n) is 3.83. The first-order valence-electron chi connectivity index (χ1n) is 5.64. The number of nitrogens with zero attached hydrogens (tertiary/aromatic N) is 2. The number of aromatic nitrogens is 1. The van der Waals surface area contributed by atoms with Gasteiger partial charge in [0.1, 0.15) is 5.69 Å². The van der Waals surface area contributed by atoms with Crippen LogP contribution in [0.2, 0.25) is 0 Å². The zero-order valence-corrected chi connectivity index (χ0v) is 10.1. The summed E-state index contributed by atoms with van der Waals surface area (Å²) in [6.07, 6.45) is 1.39. The van der Waals surface area contributed by atoms with Crippen LogP contribution >= 0.6 is 0 Å². The molecule has 6 nitrogen and oxygen atoms in total. The van der Waals surface area contributed by atoms with Gasteiger partial charge in [-0.3, -0.25) is 4.79 Å². The van der Waals surface area contributed by atoms with Gasteiger partial charge in [0.2, 0.25) is 0 Å². The summed E-state index contributed by atoms with van der Waals surface area (Å²) >= 11 is 0. The third kappa shape index (κ3) is 2.65. The first-order valence-corrected chi connectivity index (χ1v) is 5.64. The van der Waals surface area contributed by atoms with Gasteiger partial charge in [-0.1, -0.05) is 0 Å². The van der Waals surface area contributed by atoms with Crippen molar-refractivity contribution in [2.75, 3.05) is 33.4 Å². The number of ether oxygens (including phenoxy) is 2. The fourth-order valence-corrected chi connectivity index (χ4v) is 1.69. The van der Waals surface area contributed by atoms with E-state index in [1.54, 1.807) is 11.0 Å². The molecule has 2 rings (SSSR count). The molecule has 1 saturated heterocycles. The van der Waals surface area contributed by atoms with E-state index >= 15 is 0 Å². The number of carbonyl (C=O) groups is 2. The minimum Gasteiger partial charge on any atom is -0.464 e. The highest BCUT2D eigenvalue weighted by atomic mass is 16.5. The van der Waals surface area contributed by atoms with Crippen LogP contribution in [-0.2, 0) is 9.47 Å². The number of methoxy groups -OCH3 is 1. The molecule has 18 heavy (non-hydrogen) atoms. The van der Waals surface area contributed by atoms with Crippen LogP contribution in [0.5, 0.6) is 0 Å². The Bertz CT molecular complexity index is 438. The fraction of sp³-hybridized carbons (Fsp3) is 0.417. The Morgan fingerprint density at radius 3 is 2.61 bits per heavy atom. The van der Waals surface area contributed by atoms with Crippen molar-refractivity contribution < 1.29 is 19.1 Å². The van der Waals surface area contributed by atoms with Gasteiger partial charge in [-0.25, -0.2) is 9.78 Å². The van der Waals surface area contributed by atoms with Crippen LogP contribution in [-0.4, -0.2) is 55.2 Å². The second-order valence-corrected chi connectivity index (χ2v) is 3.83. The molecule has 0 N–H and O–H groups in total. The molecule has 1 aliphatic heterocycles. The molecule has 0 bridgehead atoms. The van der Waals surface area contributed by atoms with E-state index in [-0.39, 0.29) is 11.6 Å². The second kappa shape index (κ2) is 5.59. The van der Waals surface area contributed by atoms with E-state index in [0.717, 1.165) is 0 Å². The van der Waals surface area contributed by atoms with Gasteiger partial charge in [0.05, 0.1) is 25.9 Å². The molecule has 1 fully saturated rings. The number of amides is 1. The summed E-state index contributed by atoms with van der Waals surface area (Å²) in [5, 5.41) is 0. The monoisotopic (exact) mass is 250 g/mol. The predicted molar refractivity (Wildman–Crippen MR) is 62.3 cm³/mol. The summed E-state index contributed by atoms with van der Waals surface area (Å²) in [6, 6.07) is 3.07. The minimum absolute atomic E-state index is 0.0952. The lowest BCUT2D eigenvalue weighted by molar-refractivity contribution is 0.0302. The quantitative estimate of drug-likeness (QED) is 0.708. The van der Waals surface area contributed by atoms with Crippen LogP contribution < -0.4 is 0 Å². The van der Waals surface area contributed by atoms with Crippen molar-refractivity contribution in [3.8, 4) is 0 Å². The molecule has 0 spiro atoms. The number of hydrogen-bond acceptors (Lipinski definition) is 5. The van der Waals surface area contributed by atoms with Crippen LogP contribution in [0.3, 0.4) is 0 Å². The van der Waals surface area contributed by atoms with Gasteiger partial charge in [0.25, 0.3) is 5.91 Å². The van der Waals surface area contributed by atoms with Crippen molar-refractivity contribution in [1.82, 2.24) is 9.88 Å². The molecule has 1 aliphatic rings. The first kappa shape index (κ1) is 12.5. The molecule has 6 heteroatoms. The van der Waals surface area contributed by atoms with Gasteiger partial charge in [-0.2, -0.15) is 0 Å². The molecule has 1 aromatic rings. The van der Waals surface area contributed by atoms with Crippen molar-refractivity contribution in [1.29, 1.82) is 0 Å². The van der Waals surface area contributed by atoms with Gasteiger partial charge in [0, 0.05) is 19.3 Å². The van der Waals surface area contributed by atoms with Crippen molar-refractivity contribution in [3.63, 3.8) is 0 Å². The van der Waals surface area contributed by atoms with E-state index in [1.807, 2.05) is 0 Å². The van der Waals surface area contributed by atoms with E-state index in [0.29, 0.717) is 31.9 Å². The van der Waals surface area contributed by atoms with Gasteiger partial charge < -0.3 is 14.4 Å². The summed E-state index contributed by atoms with van der Waals surface area (Å²) in [5.74, 6) is -0.609. The average Bonchev–Trinajstić information content (AvgIpc) is 2.47. The number of hydrogen-bond donors (Lipinski definition) is 0. The van der Waals surface area contributed by atoms with Crippen molar-refractivity contribution in [2.45, 2.75) is 0 Å². The summed E-state index contributed by atoms with van der Waals surface area (Å²) in [6.45, 7) is 2.27. The summed E-state index contributed by atoms with van der Waals surface area (Å²) < 4.78 is 9.72. The van der Waals surface area contributed by atoms with Crippen LogP contribution in [0, 0.1) is 0 Å². The number of esters is 1. The third-order valence-corrected chi connectivity index (χ3v) is 2.70. The van der Waals surface area contributed by atoms with Crippen LogP contribution in [0.25, 0.3) is 0 Å². The minimum atomic E-state index is -0.514. The topological polar surface area (TPSA) is 68.7 Å². The van der Waals surface area contributed by atoms with E-state index in [2.05, 4.69) is 9.72 Å². The fourth-order valence-electron chi connectivity index (χ4n) is 1.69. The van der Waals surface area contributed by atoms with Gasteiger partial charge in [0.15, 0.2) is 0 Å². The Hall–Kier alpha value is -1.95. The third-order valence-electron chi connectivity index (χ3n) is 2.70. The van der Waals surface area contributed by atoms with Gasteiger partial charge in [-0.05, 0) is 12.1 Å². The lowest BCUT2D eigenvalue weighted by atomic mass is 10.2. The van der Waals surface area contributed by atoms with Crippen molar-refractivity contribution in [3.05, 3.63) is 29.6 Å². The molecule has 96 valence electrons. The van der Waals surface area contributed by atoms with Crippen LogP contribution in [0.1, 0.15) is 20.8 Å². The largest absolute Gasteiger partial charge is 0.464 e. The standard InChI is InChI=1S/C12H14N2O4/c1-17-12(16)10-3-2-9(8-13-10)11(15)14-4-6-18-7-5-14/h2-3,8H,4-7H2,1H3. The summed E-state index contributed by atoms with van der Waals surface area (Å²) in [4.78, 5) is 28.9. The molecule has 1 aromatic heterocycles. The Kier molecular flexibility index (Phi) is 3.88. The van der Waals surface area contributed by atoms with Crippen molar-refractivity contribution in [2.24, 2.45) is 0 Å². The Morgan fingerprint density at radius 1 is 1.33 bits per heavy atom. The maximum absolute atomic E-state index is 12.1. The number of morpholine rings is 1. The van der Waals surface area contributed by atoms with E-state index in [4.69, 9.17) is 4.74 Å². The van der Waals surface area contributed by atoms with Gasteiger partial charge in [-0.15, -0.1) is 0 Å². The van der Waals surface area contributed by atoms with E-state index in [1.165, 1.54) is 19.4 Å². The predicted octanol–water partition coefficient (Wildman–Crippen LogP) is 0.341. The van der Waals surface area contributed by atoms with Gasteiger partial charge >= 0.3 is 5.97 Å². The Labute approximate surface area is 105 Å². The number of rotatable bonds is 2. The van der Waals surface area contributed by atoms with E-state index < -0.39 is 5.97 Å². The Morgan fingerprint density at radius 2 is 2.06 bits per heavy atom. The van der Waals surface area contributed by atoms with Crippen LogP contribution in [0.15, 0.2) is 18.3 Å². The first-order chi connectivity index (χ1) is 8.72. The molecule has 2 heterocycles. The molecule has 0 aromatic carbocycles. The highest BCUT2D eigenvalue weighted by molar-refractivity contribution is 5.95. The molecule has 0 saturated carbocycles. The number of pyridine rings is 1.